The molecule has 9 heteroatoms. The zero-order valence-electron chi connectivity index (χ0n) is 15.2. The van der Waals surface area contributed by atoms with Crippen molar-refractivity contribution < 1.29 is 27.3 Å². The Hall–Kier alpha value is -3.88. The van der Waals surface area contributed by atoms with Crippen molar-refractivity contribution in [2.24, 2.45) is 0 Å². The average Bonchev–Trinajstić information content (AvgIpc) is 3.10. The van der Waals surface area contributed by atoms with Crippen LogP contribution in [0.3, 0.4) is 0 Å². The number of nitro benzene ring substituents is 1. The topological polar surface area (TPSA) is 85.4 Å². The van der Waals surface area contributed by atoms with Crippen LogP contribution in [0.4, 0.5) is 24.5 Å². The molecule has 0 bridgehead atoms. The van der Waals surface area contributed by atoms with Crippen LogP contribution in [0, 0.1) is 10.1 Å². The van der Waals surface area contributed by atoms with Gasteiger partial charge in [-0.2, -0.15) is 13.2 Å². The van der Waals surface area contributed by atoms with Crippen LogP contribution in [0.5, 0.6) is 0 Å². The van der Waals surface area contributed by atoms with Gasteiger partial charge in [-0.1, -0.05) is 30.3 Å². The summed E-state index contributed by atoms with van der Waals surface area (Å²) < 4.78 is 44.0. The van der Waals surface area contributed by atoms with Gasteiger partial charge >= 0.3 is 6.18 Å². The Morgan fingerprint density at radius 1 is 1.10 bits per heavy atom. The van der Waals surface area contributed by atoms with E-state index in [1.807, 2.05) is 30.3 Å². The molecule has 0 aliphatic carbocycles. The van der Waals surface area contributed by atoms with E-state index in [0.29, 0.717) is 23.3 Å². The molecular formula is C21H13F3N2O4. The van der Waals surface area contributed by atoms with Gasteiger partial charge in [0.15, 0.2) is 0 Å². The molecule has 4 aromatic rings. The van der Waals surface area contributed by atoms with Crippen LogP contribution in [0.1, 0.15) is 11.1 Å². The molecule has 0 atom stereocenters. The number of anilines is 1. The highest BCUT2D eigenvalue weighted by Crippen LogP contribution is 2.35. The van der Waals surface area contributed by atoms with Gasteiger partial charge < -0.3 is 9.73 Å². The number of nitrogens with one attached hydrogen (secondary N) is 1. The molecule has 0 saturated heterocycles. The van der Waals surface area contributed by atoms with Crippen molar-refractivity contribution in [2.45, 2.75) is 12.6 Å². The van der Waals surface area contributed by atoms with E-state index in [-0.39, 0.29) is 12.1 Å². The molecule has 0 unspecified atom stereocenters. The quantitative estimate of drug-likeness (QED) is 0.343. The van der Waals surface area contributed by atoms with Crippen LogP contribution in [0.2, 0.25) is 0 Å². The minimum absolute atomic E-state index is 0.167. The average molecular weight is 414 g/mol. The predicted molar refractivity (Wildman–Crippen MR) is 104 cm³/mol. The van der Waals surface area contributed by atoms with E-state index < -0.39 is 28.3 Å². The molecule has 1 N–H and O–H groups in total. The van der Waals surface area contributed by atoms with E-state index >= 15 is 0 Å². The summed E-state index contributed by atoms with van der Waals surface area (Å²) in [5, 5.41) is 16.1. The normalized spacial score (nSPS) is 11.7. The van der Waals surface area contributed by atoms with Crippen molar-refractivity contribution in [1.82, 2.24) is 0 Å². The Kier molecular flexibility index (Phi) is 4.65. The van der Waals surface area contributed by atoms with Crippen LogP contribution in [-0.4, -0.2) is 10.8 Å². The van der Waals surface area contributed by atoms with Crippen molar-refractivity contribution in [3.63, 3.8) is 0 Å². The molecule has 0 radical (unpaired) electrons. The van der Waals surface area contributed by atoms with Gasteiger partial charge in [0.1, 0.15) is 11.3 Å². The van der Waals surface area contributed by atoms with E-state index in [1.165, 1.54) is 6.26 Å². The van der Waals surface area contributed by atoms with Crippen LogP contribution in [0.15, 0.2) is 65.3 Å². The molecule has 0 aliphatic rings. The molecule has 1 heterocycles. The first-order valence-electron chi connectivity index (χ1n) is 8.77. The minimum Gasteiger partial charge on any atom is -0.464 e. The molecule has 152 valence electrons. The summed E-state index contributed by atoms with van der Waals surface area (Å²) in [5.41, 5.74) is -1.17. The van der Waals surface area contributed by atoms with Gasteiger partial charge in [0.2, 0.25) is 5.91 Å². The third-order valence-corrected chi connectivity index (χ3v) is 4.69. The van der Waals surface area contributed by atoms with Gasteiger partial charge in [-0.25, -0.2) is 0 Å². The second-order valence-corrected chi connectivity index (χ2v) is 6.63. The number of carbonyl (C=O) groups is 1. The maximum Gasteiger partial charge on any atom is 0.416 e. The van der Waals surface area contributed by atoms with Gasteiger partial charge in [-0.15, -0.1) is 0 Å². The van der Waals surface area contributed by atoms with Gasteiger partial charge in [0.05, 0.1) is 23.2 Å². The van der Waals surface area contributed by atoms with Crippen LogP contribution in [-0.2, 0) is 17.4 Å². The molecule has 6 nitrogen and oxygen atoms in total. The number of halogens is 3. The van der Waals surface area contributed by atoms with Crippen LogP contribution in [0.25, 0.3) is 21.7 Å². The second-order valence-electron chi connectivity index (χ2n) is 6.63. The van der Waals surface area contributed by atoms with E-state index in [1.54, 1.807) is 6.07 Å². The van der Waals surface area contributed by atoms with Gasteiger partial charge in [0, 0.05) is 17.0 Å². The van der Waals surface area contributed by atoms with E-state index in [9.17, 15) is 28.1 Å². The summed E-state index contributed by atoms with van der Waals surface area (Å²) in [7, 11) is 0. The highest BCUT2D eigenvalue weighted by atomic mass is 19.4. The summed E-state index contributed by atoms with van der Waals surface area (Å²) in [6, 6.07) is 13.2. The summed E-state index contributed by atoms with van der Waals surface area (Å²) >= 11 is 0. The summed E-state index contributed by atoms with van der Waals surface area (Å²) in [5.74, 6) is -0.617. The second kappa shape index (κ2) is 7.18. The Labute approximate surface area is 167 Å². The summed E-state index contributed by atoms with van der Waals surface area (Å²) in [4.78, 5) is 22.7. The van der Waals surface area contributed by atoms with E-state index in [0.717, 1.165) is 22.2 Å². The lowest BCUT2D eigenvalue weighted by atomic mass is 10.0. The number of carbonyl (C=O) groups excluding carboxylic acids is 1. The number of nitrogens with zero attached hydrogens (tertiary/aromatic N) is 1. The molecule has 1 aromatic heterocycles. The lowest BCUT2D eigenvalue weighted by Crippen LogP contribution is -2.16. The fraction of sp³-hybridized carbons (Fsp3) is 0.0952. The molecule has 0 aliphatic heterocycles. The van der Waals surface area contributed by atoms with E-state index in [4.69, 9.17) is 4.42 Å². The SMILES string of the molecule is O=C(Cc1coc2ccc3ccccc3c12)Nc1ccc(C(F)(F)F)cc1[N+](=O)[O-]. The first-order chi connectivity index (χ1) is 14.2. The maximum atomic E-state index is 12.8. The molecule has 4 rings (SSSR count). The fourth-order valence-corrected chi connectivity index (χ4v) is 3.34. The number of amides is 1. The molecule has 1 amide bonds. The number of fused-ring (bicyclic) bond motifs is 3. The third-order valence-electron chi connectivity index (χ3n) is 4.69. The summed E-state index contributed by atoms with van der Waals surface area (Å²) in [6.45, 7) is 0. The molecule has 0 spiro atoms. The molecule has 0 saturated carbocycles. The number of hydrogen-bond acceptors (Lipinski definition) is 4. The summed E-state index contributed by atoms with van der Waals surface area (Å²) in [6.07, 6.45) is -3.47. The Bertz CT molecular complexity index is 1290. The number of benzene rings is 3. The van der Waals surface area contributed by atoms with Gasteiger partial charge in [0.25, 0.3) is 5.69 Å². The third kappa shape index (κ3) is 3.57. The fourth-order valence-electron chi connectivity index (χ4n) is 3.34. The van der Waals surface area contributed by atoms with Crippen LogP contribution < -0.4 is 5.32 Å². The zero-order valence-corrected chi connectivity index (χ0v) is 15.2. The van der Waals surface area contributed by atoms with Gasteiger partial charge in [-0.05, 0) is 29.0 Å². The Balaban J connectivity index is 1.65. The molecular weight excluding hydrogens is 401 g/mol. The highest BCUT2D eigenvalue weighted by Gasteiger charge is 2.33. The first-order valence-corrected chi connectivity index (χ1v) is 8.77. The van der Waals surface area contributed by atoms with Crippen molar-refractivity contribution in [2.75, 3.05) is 5.32 Å². The lowest BCUT2D eigenvalue weighted by molar-refractivity contribution is -0.384. The Morgan fingerprint density at radius 2 is 1.87 bits per heavy atom. The number of alkyl halides is 3. The van der Waals surface area contributed by atoms with Crippen molar-refractivity contribution in [3.8, 4) is 0 Å². The van der Waals surface area contributed by atoms with Crippen LogP contribution >= 0.6 is 0 Å². The highest BCUT2D eigenvalue weighted by molar-refractivity contribution is 6.09. The monoisotopic (exact) mass is 414 g/mol. The van der Waals surface area contributed by atoms with E-state index in [2.05, 4.69) is 5.32 Å². The number of hydrogen-bond donors (Lipinski definition) is 1. The largest absolute Gasteiger partial charge is 0.464 e. The van der Waals surface area contributed by atoms with Gasteiger partial charge in [-0.3, -0.25) is 14.9 Å². The van der Waals surface area contributed by atoms with Crippen molar-refractivity contribution in [1.29, 1.82) is 0 Å². The molecule has 3 aromatic carbocycles. The minimum atomic E-state index is -4.73. The molecule has 0 fully saturated rings. The first kappa shape index (κ1) is 19.4. The molecule has 30 heavy (non-hydrogen) atoms. The van der Waals surface area contributed by atoms with Crippen molar-refractivity contribution >= 4 is 39.0 Å². The number of nitro groups is 1. The maximum absolute atomic E-state index is 12.8. The number of furan rings is 1. The predicted octanol–water partition coefficient (Wildman–Crippen LogP) is 5.69. The Morgan fingerprint density at radius 3 is 2.60 bits per heavy atom. The lowest BCUT2D eigenvalue weighted by Gasteiger charge is -2.10. The zero-order chi connectivity index (χ0) is 21.5. The smallest absolute Gasteiger partial charge is 0.416 e. The van der Waals surface area contributed by atoms with Crippen molar-refractivity contribution in [3.05, 3.63) is 82.1 Å². The standard InChI is InChI=1S/C21H13F3N2O4/c22-21(23,24)14-6-7-16(17(10-14)26(28)29)25-19(27)9-13-11-30-18-8-5-12-3-1-2-4-15(12)20(13)18/h1-8,10-11H,9H2,(H,25,27). The number of rotatable bonds is 4.